The van der Waals surface area contributed by atoms with Gasteiger partial charge in [-0.3, -0.25) is 4.90 Å². The minimum absolute atomic E-state index is 0.581. The molecule has 2 aliphatic heterocycles. The quantitative estimate of drug-likeness (QED) is 0.811. The molecule has 2 heteroatoms. The molecule has 4 atom stereocenters. The second-order valence-electron chi connectivity index (χ2n) is 7.67. The fraction of sp³-hybridized carbons (Fsp3) is 1.00. The van der Waals surface area contributed by atoms with Gasteiger partial charge in [0.2, 0.25) is 0 Å². The Kier molecular flexibility index (Phi) is 3.44. The van der Waals surface area contributed by atoms with Crippen LogP contribution >= 0.6 is 0 Å². The average molecular weight is 250 g/mol. The first-order chi connectivity index (χ1) is 8.61. The molecule has 0 radical (unpaired) electrons. The number of nitrogens with zero attached hydrogens (tertiary/aromatic N) is 1. The van der Waals surface area contributed by atoms with Crippen molar-refractivity contribution in [1.29, 1.82) is 0 Å². The molecule has 0 aromatic rings. The van der Waals surface area contributed by atoms with E-state index in [1.807, 2.05) is 0 Å². The number of nitrogens with one attached hydrogen (secondary N) is 1. The molecule has 3 rings (SSSR count). The third kappa shape index (κ3) is 2.22. The standard InChI is InChI=1S/C16H30N2/c1-4-15-14-10-17-9-12(14)11-18(15)13-6-5-7-16(2,3)8-13/h12-15,17H,4-11H2,1-3H3. The van der Waals surface area contributed by atoms with Gasteiger partial charge in [0, 0.05) is 18.6 Å². The Labute approximate surface area is 113 Å². The molecule has 18 heavy (non-hydrogen) atoms. The summed E-state index contributed by atoms with van der Waals surface area (Å²) in [5, 5.41) is 3.60. The van der Waals surface area contributed by atoms with Gasteiger partial charge in [0.25, 0.3) is 0 Å². The molecule has 1 aliphatic carbocycles. The number of hydrogen-bond acceptors (Lipinski definition) is 2. The Morgan fingerprint density at radius 2 is 2.11 bits per heavy atom. The lowest BCUT2D eigenvalue weighted by atomic mass is 9.74. The predicted molar refractivity (Wildman–Crippen MR) is 76.7 cm³/mol. The number of likely N-dealkylation sites (tertiary alicyclic amines) is 1. The maximum absolute atomic E-state index is 3.60. The summed E-state index contributed by atoms with van der Waals surface area (Å²) >= 11 is 0. The van der Waals surface area contributed by atoms with E-state index in [0.717, 1.165) is 23.9 Å². The Morgan fingerprint density at radius 3 is 2.83 bits per heavy atom. The number of hydrogen-bond donors (Lipinski definition) is 1. The summed E-state index contributed by atoms with van der Waals surface area (Å²) in [7, 11) is 0. The first-order valence-electron chi connectivity index (χ1n) is 8.07. The minimum Gasteiger partial charge on any atom is -0.316 e. The van der Waals surface area contributed by atoms with Crippen LogP contribution in [0.1, 0.15) is 52.9 Å². The van der Waals surface area contributed by atoms with Crippen molar-refractivity contribution in [1.82, 2.24) is 10.2 Å². The third-order valence-corrected chi connectivity index (χ3v) is 5.82. The van der Waals surface area contributed by atoms with Crippen molar-refractivity contribution in [2.45, 2.75) is 65.0 Å². The van der Waals surface area contributed by atoms with Gasteiger partial charge >= 0.3 is 0 Å². The van der Waals surface area contributed by atoms with Crippen LogP contribution < -0.4 is 5.32 Å². The van der Waals surface area contributed by atoms with Gasteiger partial charge in [-0.1, -0.05) is 27.2 Å². The van der Waals surface area contributed by atoms with Crippen LogP contribution in [-0.4, -0.2) is 36.6 Å². The van der Waals surface area contributed by atoms with Gasteiger partial charge in [0.15, 0.2) is 0 Å². The number of rotatable bonds is 2. The highest BCUT2D eigenvalue weighted by Gasteiger charge is 2.46. The maximum atomic E-state index is 3.60. The van der Waals surface area contributed by atoms with Crippen LogP contribution in [0.2, 0.25) is 0 Å². The van der Waals surface area contributed by atoms with Crippen molar-refractivity contribution in [3.63, 3.8) is 0 Å². The largest absolute Gasteiger partial charge is 0.316 e. The van der Waals surface area contributed by atoms with Crippen LogP contribution in [0.3, 0.4) is 0 Å². The highest BCUT2D eigenvalue weighted by atomic mass is 15.2. The van der Waals surface area contributed by atoms with Gasteiger partial charge in [-0.25, -0.2) is 0 Å². The van der Waals surface area contributed by atoms with E-state index in [2.05, 4.69) is 31.0 Å². The van der Waals surface area contributed by atoms with Crippen molar-refractivity contribution < 1.29 is 0 Å². The molecule has 2 nitrogen and oxygen atoms in total. The van der Waals surface area contributed by atoms with Crippen molar-refractivity contribution in [2.75, 3.05) is 19.6 Å². The highest BCUT2D eigenvalue weighted by Crippen LogP contribution is 2.43. The summed E-state index contributed by atoms with van der Waals surface area (Å²) in [6.07, 6.45) is 7.10. The third-order valence-electron chi connectivity index (χ3n) is 5.82. The molecule has 4 unspecified atom stereocenters. The zero-order valence-corrected chi connectivity index (χ0v) is 12.4. The van der Waals surface area contributed by atoms with Crippen molar-refractivity contribution in [3.8, 4) is 0 Å². The topological polar surface area (TPSA) is 15.3 Å². The summed E-state index contributed by atoms with van der Waals surface area (Å²) in [6, 6.07) is 1.74. The molecule has 0 aromatic heterocycles. The predicted octanol–water partition coefficient (Wildman–Crippen LogP) is 2.89. The summed E-state index contributed by atoms with van der Waals surface area (Å²) in [4.78, 5) is 2.91. The lowest BCUT2D eigenvalue weighted by Crippen LogP contribution is -2.45. The van der Waals surface area contributed by atoms with Crippen molar-refractivity contribution in [2.24, 2.45) is 17.3 Å². The van der Waals surface area contributed by atoms with Crippen molar-refractivity contribution >= 4 is 0 Å². The van der Waals surface area contributed by atoms with E-state index < -0.39 is 0 Å². The van der Waals surface area contributed by atoms with Gasteiger partial charge in [-0.15, -0.1) is 0 Å². The first-order valence-corrected chi connectivity index (χ1v) is 8.07. The summed E-state index contributed by atoms with van der Waals surface area (Å²) in [5.74, 6) is 1.89. The van der Waals surface area contributed by atoms with Crippen LogP contribution in [-0.2, 0) is 0 Å². The molecular weight excluding hydrogens is 220 g/mol. The zero-order valence-electron chi connectivity index (χ0n) is 12.4. The monoisotopic (exact) mass is 250 g/mol. The minimum atomic E-state index is 0.581. The molecule has 0 spiro atoms. The lowest BCUT2D eigenvalue weighted by Gasteiger charge is -2.42. The van der Waals surface area contributed by atoms with Crippen LogP contribution in [0.5, 0.6) is 0 Å². The molecule has 0 amide bonds. The summed E-state index contributed by atoms with van der Waals surface area (Å²) < 4.78 is 0. The van der Waals surface area contributed by atoms with Gasteiger partial charge in [0.1, 0.15) is 0 Å². The Balaban J connectivity index is 1.72. The van der Waals surface area contributed by atoms with E-state index in [4.69, 9.17) is 0 Å². The average Bonchev–Trinajstić information content (AvgIpc) is 2.86. The Bertz CT molecular complexity index is 299. The molecule has 104 valence electrons. The lowest BCUT2D eigenvalue weighted by molar-refractivity contribution is 0.0739. The van der Waals surface area contributed by atoms with E-state index in [1.54, 1.807) is 0 Å². The summed E-state index contributed by atoms with van der Waals surface area (Å²) in [5.41, 5.74) is 0.581. The van der Waals surface area contributed by atoms with Crippen LogP contribution in [0.4, 0.5) is 0 Å². The van der Waals surface area contributed by atoms with Crippen LogP contribution in [0.15, 0.2) is 0 Å². The Hall–Kier alpha value is -0.0800. The first kappa shape index (κ1) is 12.9. The smallest absolute Gasteiger partial charge is 0.0140 e. The van der Waals surface area contributed by atoms with E-state index in [0.29, 0.717) is 5.41 Å². The molecule has 0 aromatic carbocycles. The second kappa shape index (κ2) is 4.79. The Morgan fingerprint density at radius 1 is 1.28 bits per heavy atom. The van der Waals surface area contributed by atoms with E-state index in [-0.39, 0.29) is 0 Å². The van der Waals surface area contributed by atoms with Crippen molar-refractivity contribution in [3.05, 3.63) is 0 Å². The SMILES string of the molecule is CCC1C2CNCC2CN1C1CCCC(C)(C)C1. The number of fused-ring (bicyclic) bond motifs is 1. The fourth-order valence-electron chi connectivity index (χ4n) is 4.95. The van der Waals surface area contributed by atoms with E-state index in [9.17, 15) is 0 Å². The van der Waals surface area contributed by atoms with E-state index >= 15 is 0 Å². The summed E-state index contributed by atoms with van der Waals surface area (Å²) in [6.45, 7) is 11.3. The van der Waals surface area contributed by atoms with Gasteiger partial charge in [0.05, 0.1) is 0 Å². The van der Waals surface area contributed by atoms with Gasteiger partial charge < -0.3 is 5.32 Å². The normalized spacial score (nSPS) is 44.2. The molecule has 1 saturated carbocycles. The highest BCUT2D eigenvalue weighted by molar-refractivity contribution is 5.01. The van der Waals surface area contributed by atoms with Crippen LogP contribution in [0.25, 0.3) is 0 Å². The fourth-order valence-corrected chi connectivity index (χ4v) is 4.95. The second-order valence-corrected chi connectivity index (χ2v) is 7.67. The maximum Gasteiger partial charge on any atom is 0.0140 e. The van der Waals surface area contributed by atoms with Crippen LogP contribution in [0, 0.1) is 17.3 Å². The van der Waals surface area contributed by atoms with Gasteiger partial charge in [-0.2, -0.15) is 0 Å². The molecule has 0 bridgehead atoms. The molecule has 2 heterocycles. The zero-order chi connectivity index (χ0) is 12.8. The van der Waals surface area contributed by atoms with Gasteiger partial charge in [-0.05, 0) is 56.0 Å². The molecule has 3 fully saturated rings. The molecule has 1 N–H and O–H groups in total. The molecule has 3 aliphatic rings. The molecular formula is C16H30N2. The molecule has 2 saturated heterocycles. The van der Waals surface area contributed by atoms with E-state index in [1.165, 1.54) is 51.7 Å².